The summed E-state index contributed by atoms with van der Waals surface area (Å²) in [5, 5.41) is 3.11. The van der Waals surface area contributed by atoms with Crippen LogP contribution >= 0.6 is 0 Å². The van der Waals surface area contributed by atoms with Crippen LogP contribution in [0.2, 0.25) is 0 Å². The maximum absolute atomic E-state index is 12.0. The first kappa shape index (κ1) is 12.2. The van der Waals surface area contributed by atoms with Crippen LogP contribution in [0.3, 0.4) is 0 Å². The highest BCUT2D eigenvalue weighted by molar-refractivity contribution is 5.76. The molecule has 2 heterocycles. The van der Waals surface area contributed by atoms with Crippen molar-refractivity contribution >= 4 is 5.91 Å². The zero-order valence-corrected chi connectivity index (χ0v) is 10.5. The number of carbonyl (C=O) groups excluding carboxylic acids is 1. The number of hydrogen-bond acceptors (Lipinski definition) is 2. The summed E-state index contributed by atoms with van der Waals surface area (Å²) in [6.07, 6.45) is 7.59. The van der Waals surface area contributed by atoms with E-state index in [1.54, 1.807) is 0 Å². The van der Waals surface area contributed by atoms with Crippen molar-refractivity contribution in [2.75, 3.05) is 20.1 Å². The van der Waals surface area contributed by atoms with Crippen molar-refractivity contribution in [1.82, 2.24) is 14.8 Å². The third-order valence-corrected chi connectivity index (χ3v) is 3.22. The van der Waals surface area contributed by atoms with Gasteiger partial charge in [-0.2, -0.15) is 0 Å². The molecule has 17 heavy (non-hydrogen) atoms. The second-order valence-electron chi connectivity index (χ2n) is 4.66. The van der Waals surface area contributed by atoms with Gasteiger partial charge in [0.1, 0.15) is 6.54 Å². The van der Waals surface area contributed by atoms with Crippen LogP contribution in [0.4, 0.5) is 0 Å². The fraction of sp³-hybridized carbons (Fsp3) is 0.615. The minimum atomic E-state index is 0.247. The van der Waals surface area contributed by atoms with E-state index in [1.165, 1.54) is 12.0 Å². The van der Waals surface area contributed by atoms with Crippen molar-refractivity contribution in [3.05, 3.63) is 24.0 Å². The number of likely N-dealkylation sites (tertiary alicyclic amines) is 1. The van der Waals surface area contributed by atoms with E-state index in [0.29, 0.717) is 6.54 Å². The molecular weight excluding hydrogens is 214 g/mol. The molecule has 0 radical (unpaired) electrons. The Morgan fingerprint density at radius 2 is 2.12 bits per heavy atom. The Morgan fingerprint density at radius 3 is 2.82 bits per heavy atom. The molecule has 2 rings (SSSR count). The average Bonchev–Trinajstić information content (AvgIpc) is 2.78. The van der Waals surface area contributed by atoms with Gasteiger partial charge >= 0.3 is 0 Å². The smallest absolute Gasteiger partial charge is 0.242 e. The Balaban J connectivity index is 1.88. The molecule has 1 aliphatic rings. The molecule has 1 aromatic heterocycles. The van der Waals surface area contributed by atoms with Crippen LogP contribution in [0.25, 0.3) is 0 Å². The van der Waals surface area contributed by atoms with E-state index in [2.05, 4.69) is 11.4 Å². The van der Waals surface area contributed by atoms with E-state index >= 15 is 0 Å². The molecule has 0 bridgehead atoms. The van der Waals surface area contributed by atoms with E-state index in [9.17, 15) is 4.79 Å². The van der Waals surface area contributed by atoms with Crippen molar-refractivity contribution in [2.24, 2.45) is 0 Å². The Hall–Kier alpha value is -1.29. The Labute approximate surface area is 103 Å². The molecule has 0 atom stereocenters. The van der Waals surface area contributed by atoms with Gasteiger partial charge in [0.15, 0.2) is 0 Å². The van der Waals surface area contributed by atoms with Gasteiger partial charge in [0.25, 0.3) is 0 Å². The lowest BCUT2D eigenvalue weighted by Gasteiger charge is -2.26. The van der Waals surface area contributed by atoms with Crippen molar-refractivity contribution in [3.8, 4) is 0 Å². The van der Waals surface area contributed by atoms with Crippen LogP contribution in [0.5, 0.6) is 0 Å². The molecule has 0 aliphatic carbocycles. The van der Waals surface area contributed by atoms with Crippen molar-refractivity contribution in [3.63, 3.8) is 0 Å². The van der Waals surface area contributed by atoms with Crippen molar-refractivity contribution < 1.29 is 4.79 Å². The number of nitrogens with zero attached hydrogens (tertiary/aromatic N) is 2. The molecule has 1 saturated heterocycles. The van der Waals surface area contributed by atoms with Crippen LogP contribution in [0, 0.1) is 0 Å². The SMILES string of the molecule is CNCc1ccn(CC(=O)N2CCCCC2)c1. The topological polar surface area (TPSA) is 37.3 Å². The molecule has 0 aromatic carbocycles. The van der Waals surface area contributed by atoms with Gasteiger partial charge in [-0.25, -0.2) is 0 Å². The second kappa shape index (κ2) is 5.87. The monoisotopic (exact) mass is 235 g/mol. The fourth-order valence-corrected chi connectivity index (χ4v) is 2.30. The molecular formula is C13H21N3O. The highest BCUT2D eigenvalue weighted by atomic mass is 16.2. The van der Waals surface area contributed by atoms with Gasteiger partial charge in [-0.3, -0.25) is 4.79 Å². The molecule has 0 saturated carbocycles. The third kappa shape index (κ3) is 3.33. The number of carbonyl (C=O) groups is 1. The largest absolute Gasteiger partial charge is 0.345 e. The Kier molecular flexibility index (Phi) is 4.20. The highest BCUT2D eigenvalue weighted by Gasteiger charge is 2.16. The summed E-state index contributed by atoms with van der Waals surface area (Å²) in [6.45, 7) is 3.20. The van der Waals surface area contributed by atoms with Gasteiger partial charge in [0.2, 0.25) is 5.91 Å². The normalized spacial score (nSPS) is 16.2. The lowest BCUT2D eigenvalue weighted by molar-refractivity contribution is -0.132. The summed E-state index contributed by atoms with van der Waals surface area (Å²) < 4.78 is 1.98. The minimum absolute atomic E-state index is 0.247. The number of aromatic nitrogens is 1. The number of nitrogens with one attached hydrogen (secondary N) is 1. The van der Waals surface area contributed by atoms with E-state index in [1.807, 2.05) is 28.9 Å². The zero-order chi connectivity index (χ0) is 12.1. The number of rotatable bonds is 4. The van der Waals surface area contributed by atoms with Gasteiger partial charge in [-0.05, 0) is 37.9 Å². The first-order chi connectivity index (χ1) is 8.29. The lowest BCUT2D eigenvalue weighted by atomic mass is 10.1. The summed E-state index contributed by atoms with van der Waals surface area (Å²) in [5.41, 5.74) is 1.22. The number of hydrogen-bond donors (Lipinski definition) is 1. The predicted octanol–water partition coefficient (Wildman–Crippen LogP) is 1.22. The maximum Gasteiger partial charge on any atom is 0.242 e. The molecule has 0 unspecified atom stereocenters. The van der Waals surface area contributed by atoms with Gasteiger partial charge in [0, 0.05) is 32.0 Å². The molecule has 1 N–H and O–H groups in total. The highest BCUT2D eigenvalue weighted by Crippen LogP contribution is 2.10. The number of amides is 1. The van der Waals surface area contributed by atoms with Crippen LogP contribution < -0.4 is 5.32 Å². The summed E-state index contributed by atoms with van der Waals surface area (Å²) in [7, 11) is 1.93. The molecule has 4 heteroatoms. The van der Waals surface area contributed by atoms with Crippen LogP contribution in [-0.2, 0) is 17.9 Å². The van der Waals surface area contributed by atoms with Gasteiger partial charge < -0.3 is 14.8 Å². The first-order valence-electron chi connectivity index (χ1n) is 6.36. The third-order valence-electron chi connectivity index (χ3n) is 3.22. The summed E-state index contributed by atoms with van der Waals surface area (Å²) >= 11 is 0. The standard InChI is InChI=1S/C13H21N3O/c1-14-9-12-5-8-15(10-12)11-13(17)16-6-3-2-4-7-16/h5,8,10,14H,2-4,6-7,9,11H2,1H3. The summed E-state index contributed by atoms with van der Waals surface area (Å²) in [5.74, 6) is 0.247. The molecule has 94 valence electrons. The quantitative estimate of drug-likeness (QED) is 0.852. The second-order valence-corrected chi connectivity index (χ2v) is 4.66. The van der Waals surface area contributed by atoms with Gasteiger partial charge in [0.05, 0.1) is 0 Å². The molecule has 1 fully saturated rings. The molecule has 4 nitrogen and oxygen atoms in total. The first-order valence-corrected chi connectivity index (χ1v) is 6.36. The van der Waals surface area contributed by atoms with E-state index in [0.717, 1.165) is 32.5 Å². The average molecular weight is 235 g/mol. The summed E-state index contributed by atoms with van der Waals surface area (Å²) in [4.78, 5) is 14.0. The number of piperidine rings is 1. The molecule has 0 spiro atoms. The van der Waals surface area contributed by atoms with Crippen LogP contribution in [0.15, 0.2) is 18.5 Å². The van der Waals surface area contributed by atoms with E-state index < -0.39 is 0 Å². The zero-order valence-electron chi connectivity index (χ0n) is 10.5. The van der Waals surface area contributed by atoms with Gasteiger partial charge in [-0.15, -0.1) is 0 Å². The van der Waals surface area contributed by atoms with E-state index in [4.69, 9.17) is 0 Å². The minimum Gasteiger partial charge on any atom is -0.345 e. The summed E-state index contributed by atoms with van der Waals surface area (Å²) in [6, 6.07) is 2.06. The van der Waals surface area contributed by atoms with Crippen molar-refractivity contribution in [1.29, 1.82) is 0 Å². The fourth-order valence-electron chi connectivity index (χ4n) is 2.30. The molecule has 1 amide bonds. The van der Waals surface area contributed by atoms with Gasteiger partial charge in [-0.1, -0.05) is 0 Å². The van der Waals surface area contributed by atoms with Crippen LogP contribution in [-0.4, -0.2) is 35.5 Å². The Morgan fingerprint density at radius 1 is 1.35 bits per heavy atom. The van der Waals surface area contributed by atoms with Crippen molar-refractivity contribution in [2.45, 2.75) is 32.4 Å². The maximum atomic E-state index is 12.0. The Bertz CT molecular complexity index is 366. The van der Waals surface area contributed by atoms with E-state index in [-0.39, 0.29) is 5.91 Å². The van der Waals surface area contributed by atoms with Crippen LogP contribution in [0.1, 0.15) is 24.8 Å². The predicted molar refractivity (Wildman–Crippen MR) is 67.6 cm³/mol. The molecule has 1 aromatic rings. The molecule has 1 aliphatic heterocycles. The lowest BCUT2D eigenvalue weighted by Crippen LogP contribution is -2.37.